The number of nitrogens with zero attached hydrogens (tertiary/aromatic N) is 2. The normalized spacial score (nSPS) is 12.9. The molecular weight excluding hydrogens is 244 g/mol. The molecule has 0 fully saturated rings. The zero-order valence-corrected chi connectivity index (χ0v) is 11.0. The first-order valence-electron chi connectivity index (χ1n) is 5.19. The van der Waals surface area contributed by atoms with Crippen molar-refractivity contribution in [2.45, 2.75) is 37.8 Å². The van der Waals surface area contributed by atoms with Gasteiger partial charge in [0.15, 0.2) is 5.82 Å². The highest BCUT2D eigenvalue weighted by Crippen LogP contribution is 2.18. The highest BCUT2D eigenvalue weighted by molar-refractivity contribution is 7.89. The third-order valence-electron chi connectivity index (χ3n) is 2.17. The molecule has 1 rings (SSSR count). The van der Waals surface area contributed by atoms with E-state index in [0.29, 0.717) is 6.54 Å². The molecule has 7 nitrogen and oxygen atoms in total. The second-order valence-electron chi connectivity index (χ2n) is 4.38. The number of aliphatic hydroxyl groups excluding tert-OH is 1. The van der Waals surface area contributed by atoms with Crippen molar-refractivity contribution in [3.8, 4) is 0 Å². The number of anilines is 1. The van der Waals surface area contributed by atoms with Crippen molar-refractivity contribution in [2.24, 2.45) is 0 Å². The summed E-state index contributed by atoms with van der Waals surface area (Å²) in [6.45, 7) is 5.20. The number of aryl methyl sites for hydroxylation is 1. The van der Waals surface area contributed by atoms with E-state index in [-0.39, 0.29) is 17.3 Å². The Morgan fingerprint density at radius 3 is 2.59 bits per heavy atom. The Morgan fingerprint density at radius 1 is 1.59 bits per heavy atom. The van der Waals surface area contributed by atoms with E-state index in [1.807, 2.05) is 6.92 Å². The lowest BCUT2D eigenvalue weighted by atomic mass is 10.1. The Morgan fingerprint density at radius 2 is 2.18 bits per heavy atom. The lowest BCUT2D eigenvalue weighted by Crippen LogP contribution is -2.46. The Labute approximate surface area is 101 Å². The fourth-order valence-corrected chi connectivity index (χ4v) is 2.72. The molecule has 0 bridgehead atoms. The van der Waals surface area contributed by atoms with Gasteiger partial charge in [-0.15, -0.1) is 0 Å². The van der Waals surface area contributed by atoms with Gasteiger partial charge in [-0.3, -0.25) is 4.68 Å². The zero-order valence-electron chi connectivity index (χ0n) is 10.1. The molecule has 0 radical (unpaired) electrons. The molecule has 1 heterocycles. The maximum atomic E-state index is 12.0. The fraction of sp³-hybridized carbons (Fsp3) is 0.667. The van der Waals surface area contributed by atoms with E-state index in [4.69, 9.17) is 10.8 Å². The van der Waals surface area contributed by atoms with Gasteiger partial charge >= 0.3 is 0 Å². The van der Waals surface area contributed by atoms with Crippen molar-refractivity contribution in [1.82, 2.24) is 14.5 Å². The lowest BCUT2D eigenvalue weighted by molar-refractivity contribution is 0.208. The molecule has 1 aromatic heterocycles. The quantitative estimate of drug-likeness (QED) is 0.664. The van der Waals surface area contributed by atoms with E-state index in [2.05, 4.69) is 9.82 Å². The van der Waals surface area contributed by atoms with Crippen LogP contribution in [0.3, 0.4) is 0 Å². The standard InChI is InChI=1S/C9H18N4O3S/c1-4-13-5-7(8(10)11-13)17(15,16)12-9(2,3)6-14/h5,12,14H,4,6H2,1-3H3,(H2,10,11). The third-order valence-corrected chi connectivity index (χ3v) is 3.89. The second kappa shape index (κ2) is 4.63. The van der Waals surface area contributed by atoms with Crippen molar-refractivity contribution in [1.29, 1.82) is 0 Å². The second-order valence-corrected chi connectivity index (χ2v) is 6.03. The van der Waals surface area contributed by atoms with Crippen LogP contribution in [0, 0.1) is 0 Å². The average Bonchev–Trinajstić information content (AvgIpc) is 2.59. The minimum Gasteiger partial charge on any atom is -0.394 e. The van der Waals surface area contributed by atoms with Crippen LogP contribution >= 0.6 is 0 Å². The predicted octanol–water partition coefficient (Wildman–Crippen LogP) is -0.466. The topological polar surface area (TPSA) is 110 Å². The summed E-state index contributed by atoms with van der Waals surface area (Å²) in [5.41, 5.74) is 4.60. The van der Waals surface area contributed by atoms with Gasteiger partial charge in [0.1, 0.15) is 4.90 Å². The number of nitrogen functional groups attached to an aromatic ring is 1. The molecule has 0 aromatic carbocycles. The highest BCUT2D eigenvalue weighted by Gasteiger charge is 2.28. The summed E-state index contributed by atoms with van der Waals surface area (Å²) >= 11 is 0. The van der Waals surface area contributed by atoms with Crippen LogP contribution in [0.4, 0.5) is 5.82 Å². The summed E-state index contributed by atoms with van der Waals surface area (Å²) < 4.78 is 27.8. The van der Waals surface area contributed by atoms with Crippen molar-refractivity contribution >= 4 is 15.8 Å². The molecule has 0 spiro atoms. The van der Waals surface area contributed by atoms with Gasteiger partial charge in [-0.25, -0.2) is 13.1 Å². The van der Waals surface area contributed by atoms with Gasteiger partial charge in [-0.2, -0.15) is 5.10 Å². The molecule has 8 heteroatoms. The van der Waals surface area contributed by atoms with Crippen molar-refractivity contribution in [3.63, 3.8) is 0 Å². The molecule has 98 valence electrons. The Hall–Kier alpha value is -1.12. The van der Waals surface area contributed by atoms with Gasteiger partial charge in [0.2, 0.25) is 10.0 Å². The Balaban J connectivity index is 3.09. The molecule has 0 unspecified atom stereocenters. The zero-order chi connectivity index (χ0) is 13.3. The molecule has 0 aliphatic rings. The van der Waals surface area contributed by atoms with Gasteiger partial charge in [0, 0.05) is 12.7 Å². The monoisotopic (exact) mass is 262 g/mol. The fourth-order valence-electron chi connectivity index (χ4n) is 1.24. The molecule has 17 heavy (non-hydrogen) atoms. The van der Waals surface area contributed by atoms with E-state index in [9.17, 15) is 8.42 Å². The molecule has 4 N–H and O–H groups in total. The predicted molar refractivity (Wildman–Crippen MR) is 63.8 cm³/mol. The number of sulfonamides is 1. The largest absolute Gasteiger partial charge is 0.394 e. The van der Waals surface area contributed by atoms with Crippen molar-refractivity contribution in [3.05, 3.63) is 6.20 Å². The number of aliphatic hydroxyl groups is 1. The highest BCUT2D eigenvalue weighted by atomic mass is 32.2. The summed E-state index contributed by atoms with van der Waals surface area (Å²) in [4.78, 5) is -0.0686. The van der Waals surface area contributed by atoms with Gasteiger partial charge < -0.3 is 10.8 Å². The summed E-state index contributed by atoms with van der Waals surface area (Å²) in [7, 11) is -3.77. The van der Waals surface area contributed by atoms with Crippen LogP contribution in [0.1, 0.15) is 20.8 Å². The first kappa shape index (κ1) is 13.9. The SMILES string of the molecule is CCn1cc(S(=O)(=O)NC(C)(C)CO)c(N)n1. The summed E-state index contributed by atoms with van der Waals surface area (Å²) in [5, 5.41) is 12.9. The van der Waals surface area contributed by atoms with Crippen LogP contribution in [0.25, 0.3) is 0 Å². The first-order chi connectivity index (χ1) is 7.72. The van der Waals surface area contributed by atoms with E-state index in [0.717, 1.165) is 0 Å². The molecule has 0 atom stereocenters. The molecule has 0 aliphatic carbocycles. The van der Waals surface area contributed by atoms with E-state index in [1.165, 1.54) is 10.9 Å². The maximum Gasteiger partial charge on any atom is 0.246 e. The number of nitrogens with two attached hydrogens (primary N) is 1. The van der Waals surface area contributed by atoms with Gasteiger partial charge in [0.25, 0.3) is 0 Å². The van der Waals surface area contributed by atoms with E-state index >= 15 is 0 Å². The molecule has 0 saturated carbocycles. The van der Waals surface area contributed by atoms with Crippen LogP contribution in [0.2, 0.25) is 0 Å². The first-order valence-corrected chi connectivity index (χ1v) is 6.68. The molecular formula is C9H18N4O3S. The van der Waals surface area contributed by atoms with Crippen LogP contribution in [0.15, 0.2) is 11.1 Å². The van der Waals surface area contributed by atoms with E-state index in [1.54, 1.807) is 13.8 Å². The maximum absolute atomic E-state index is 12.0. The molecule has 0 aliphatic heterocycles. The number of aromatic nitrogens is 2. The number of rotatable bonds is 5. The minimum atomic E-state index is -3.77. The number of hydrogen-bond acceptors (Lipinski definition) is 5. The van der Waals surface area contributed by atoms with Crippen LogP contribution in [-0.4, -0.2) is 35.5 Å². The van der Waals surface area contributed by atoms with Crippen LogP contribution in [0.5, 0.6) is 0 Å². The van der Waals surface area contributed by atoms with E-state index < -0.39 is 15.6 Å². The Bertz CT molecular complexity index is 492. The summed E-state index contributed by atoms with van der Waals surface area (Å²) in [6.07, 6.45) is 1.37. The van der Waals surface area contributed by atoms with Gasteiger partial charge in [-0.1, -0.05) is 0 Å². The average molecular weight is 262 g/mol. The van der Waals surface area contributed by atoms with Gasteiger partial charge in [-0.05, 0) is 20.8 Å². The molecule has 1 aromatic rings. The third kappa shape index (κ3) is 3.18. The minimum absolute atomic E-state index is 0.0481. The lowest BCUT2D eigenvalue weighted by Gasteiger charge is -2.22. The molecule has 0 amide bonds. The Kier molecular flexibility index (Phi) is 3.80. The number of nitrogens with one attached hydrogen (secondary N) is 1. The smallest absolute Gasteiger partial charge is 0.246 e. The van der Waals surface area contributed by atoms with Crippen LogP contribution < -0.4 is 10.5 Å². The summed E-state index contributed by atoms with van der Waals surface area (Å²) in [5.74, 6) is -0.0481. The number of hydrogen-bond donors (Lipinski definition) is 3. The van der Waals surface area contributed by atoms with Gasteiger partial charge in [0.05, 0.1) is 12.1 Å². The summed E-state index contributed by atoms with van der Waals surface area (Å²) in [6, 6.07) is 0. The van der Waals surface area contributed by atoms with Crippen molar-refractivity contribution < 1.29 is 13.5 Å². The van der Waals surface area contributed by atoms with Crippen molar-refractivity contribution in [2.75, 3.05) is 12.3 Å². The van der Waals surface area contributed by atoms with Crippen LogP contribution in [-0.2, 0) is 16.6 Å². The molecule has 0 saturated heterocycles.